The topological polar surface area (TPSA) is 54.1 Å². The van der Waals surface area contributed by atoms with E-state index in [2.05, 4.69) is 10.5 Å². The van der Waals surface area contributed by atoms with Gasteiger partial charge in [0.15, 0.2) is 0 Å². The molecule has 1 heterocycles. The summed E-state index contributed by atoms with van der Waals surface area (Å²) in [5.74, 6) is -0.157. The number of aromatic nitrogens is 1. The molecule has 4 heteroatoms. The zero-order valence-corrected chi connectivity index (χ0v) is 11.5. The Balaban J connectivity index is 1.55. The molecule has 0 atom stereocenters. The molecule has 0 bridgehead atoms. The highest BCUT2D eigenvalue weighted by Gasteiger charge is 2.08. The molecule has 1 amide bonds. The van der Waals surface area contributed by atoms with Gasteiger partial charge in [0.05, 0.1) is 13.0 Å². The number of hydrogen-bond donors (Lipinski definition) is 2. The minimum atomic E-state index is -0.157. The van der Waals surface area contributed by atoms with Gasteiger partial charge in [0.2, 0.25) is 5.91 Å². The van der Waals surface area contributed by atoms with Gasteiger partial charge in [0.25, 0.3) is 0 Å². The van der Waals surface area contributed by atoms with Gasteiger partial charge in [-0.3, -0.25) is 9.63 Å². The van der Waals surface area contributed by atoms with Gasteiger partial charge in [-0.05, 0) is 17.2 Å². The summed E-state index contributed by atoms with van der Waals surface area (Å²) in [6, 6.07) is 17.6. The third-order valence-electron chi connectivity index (χ3n) is 3.29. The summed E-state index contributed by atoms with van der Waals surface area (Å²) in [6.45, 7) is 0.362. The number of amides is 1. The lowest BCUT2D eigenvalue weighted by Gasteiger charge is -2.05. The Morgan fingerprint density at radius 1 is 1.05 bits per heavy atom. The summed E-state index contributed by atoms with van der Waals surface area (Å²) in [4.78, 5) is 20.3. The summed E-state index contributed by atoms with van der Waals surface area (Å²) < 4.78 is 0. The van der Waals surface area contributed by atoms with Crippen molar-refractivity contribution in [1.29, 1.82) is 0 Å². The van der Waals surface area contributed by atoms with E-state index >= 15 is 0 Å². The van der Waals surface area contributed by atoms with E-state index < -0.39 is 0 Å². The van der Waals surface area contributed by atoms with Crippen molar-refractivity contribution < 1.29 is 9.63 Å². The number of aromatic amines is 1. The van der Waals surface area contributed by atoms with Gasteiger partial charge in [0.1, 0.15) is 0 Å². The second-order valence-corrected chi connectivity index (χ2v) is 4.84. The van der Waals surface area contributed by atoms with E-state index in [0.717, 1.165) is 22.0 Å². The molecule has 0 aliphatic heterocycles. The predicted molar refractivity (Wildman–Crippen MR) is 81.4 cm³/mol. The molecule has 0 spiro atoms. The third-order valence-corrected chi connectivity index (χ3v) is 3.29. The molecule has 0 saturated carbocycles. The first kappa shape index (κ1) is 13.4. The van der Waals surface area contributed by atoms with Crippen molar-refractivity contribution in [3.8, 4) is 0 Å². The van der Waals surface area contributed by atoms with E-state index in [4.69, 9.17) is 4.84 Å². The summed E-state index contributed by atoms with van der Waals surface area (Å²) >= 11 is 0. The number of hydroxylamine groups is 1. The summed E-state index contributed by atoms with van der Waals surface area (Å²) in [5, 5.41) is 1.07. The molecule has 0 unspecified atom stereocenters. The molecule has 1 aromatic heterocycles. The first-order valence-corrected chi connectivity index (χ1v) is 6.82. The number of carbonyl (C=O) groups excluding carboxylic acids is 1. The lowest BCUT2D eigenvalue weighted by Crippen LogP contribution is -2.25. The minimum absolute atomic E-state index is 0.157. The fraction of sp³-hybridized carbons (Fsp3) is 0.118. The van der Waals surface area contributed by atoms with Crippen LogP contribution in [0.15, 0.2) is 60.8 Å². The molecular weight excluding hydrogens is 264 g/mol. The highest BCUT2D eigenvalue weighted by Crippen LogP contribution is 2.17. The highest BCUT2D eigenvalue weighted by molar-refractivity contribution is 5.88. The number of para-hydroxylation sites is 1. The average Bonchev–Trinajstić information content (AvgIpc) is 2.92. The second-order valence-electron chi connectivity index (χ2n) is 4.84. The Morgan fingerprint density at radius 2 is 1.81 bits per heavy atom. The molecule has 0 aliphatic rings. The van der Waals surface area contributed by atoms with Gasteiger partial charge in [-0.2, -0.15) is 0 Å². The van der Waals surface area contributed by atoms with Crippen molar-refractivity contribution in [2.45, 2.75) is 13.0 Å². The molecule has 106 valence electrons. The quantitative estimate of drug-likeness (QED) is 0.706. The number of H-pyrrole nitrogens is 1. The minimum Gasteiger partial charge on any atom is -0.361 e. The van der Waals surface area contributed by atoms with Gasteiger partial charge in [-0.25, -0.2) is 5.48 Å². The Labute approximate surface area is 122 Å². The fourth-order valence-corrected chi connectivity index (χ4v) is 2.26. The summed E-state index contributed by atoms with van der Waals surface area (Å²) in [5.41, 5.74) is 5.50. The summed E-state index contributed by atoms with van der Waals surface area (Å²) in [6.07, 6.45) is 2.15. The largest absolute Gasteiger partial charge is 0.361 e. The molecule has 3 rings (SSSR count). The van der Waals surface area contributed by atoms with Crippen molar-refractivity contribution in [3.63, 3.8) is 0 Å². The fourth-order valence-electron chi connectivity index (χ4n) is 2.26. The monoisotopic (exact) mass is 280 g/mol. The maximum atomic E-state index is 11.9. The van der Waals surface area contributed by atoms with Crippen LogP contribution < -0.4 is 5.48 Å². The smallest absolute Gasteiger partial charge is 0.248 e. The normalized spacial score (nSPS) is 10.7. The molecule has 0 radical (unpaired) electrons. The zero-order valence-electron chi connectivity index (χ0n) is 11.5. The van der Waals surface area contributed by atoms with E-state index in [1.54, 1.807) is 0 Å². The molecule has 2 N–H and O–H groups in total. The molecule has 0 fully saturated rings. The number of nitrogens with one attached hydrogen (secondary N) is 2. The van der Waals surface area contributed by atoms with Crippen LogP contribution in [0, 0.1) is 0 Å². The molecule has 0 aliphatic carbocycles. The molecule has 4 nitrogen and oxygen atoms in total. The predicted octanol–water partition coefficient (Wildman–Crippen LogP) is 2.96. The maximum Gasteiger partial charge on any atom is 0.248 e. The van der Waals surface area contributed by atoms with E-state index in [-0.39, 0.29) is 5.91 Å². The van der Waals surface area contributed by atoms with Gasteiger partial charge >= 0.3 is 0 Å². The molecule has 21 heavy (non-hydrogen) atoms. The van der Waals surface area contributed by atoms with Gasteiger partial charge in [0, 0.05) is 17.1 Å². The molecule has 0 saturated heterocycles. The van der Waals surface area contributed by atoms with Crippen molar-refractivity contribution >= 4 is 16.8 Å². The number of benzene rings is 2. The van der Waals surface area contributed by atoms with Crippen LogP contribution in [0.2, 0.25) is 0 Å². The standard InChI is InChI=1S/C17H16N2O2/c20-17(19-21-12-13-6-2-1-3-7-13)10-14-11-18-16-9-5-4-8-15(14)16/h1-9,11,18H,10,12H2,(H,19,20). The lowest BCUT2D eigenvalue weighted by molar-refractivity contribution is -0.133. The lowest BCUT2D eigenvalue weighted by atomic mass is 10.1. The van der Waals surface area contributed by atoms with Gasteiger partial charge in [-0.1, -0.05) is 48.5 Å². The van der Waals surface area contributed by atoms with Crippen LogP contribution in [0.3, 0.4) is 0 Å². The van der Waals surface area contributed by atoms with Crippen LogP contribution in [0.4, 0.5) is 0 Å². The number of rotatable bonds is 5. The Hall–Kier alpha value is -2.59. The van der Waals surface area contributed by atoms with E-state index in [0.29, 0.717) is 13.0 Å². The SMILES string of the molecule is O=C(Cc1c[nH]c2ccccc12)NOCc1ccccc1. The first-order chi connectivity index (χ1) is 10.3. The van der Waals surface area contributed by atoms with Crippen LogP contribution in [0.1, 0.15) is 11.1 Å². The van der Waals surface area contributed by atoms with E-state index in [9.17, 15) is 4.79 Å². The Bertz CT molecular complexity index is 735. The van der Waals surface area contributed by atoms with Gasteiger partial charge < -0.3 is 4.98 Å². The second kappa shape index (κ2) is 6.24. The maximum absolute atomic E-state index is 11.9. The van der Waals surface area contributed by atoms with Crippen LogP contribution in [-0.2, 0) is 22.7 Å². The molecule has 2 aromatic carbocycles. The van der Waals surface area contributed by atoms with Crippen LogP contribution in [0.25, 0.3) is 10.9 Å². The highest BCUT2D eigenvalue weighted by atomic mass is 16.6. The Morgan fingerprint density at radius 3 is 2.67 bits per heavy atom. The average molecular weight is 280 g/mol. The third kappa shape index (κ3) is 3.30. The van der Waals surface area contributed by atoms with Gasteiger partial charge in [-0.15, -0.1) is 0 Å². The van der Waals surface area contributed by atoms with E-state index in [1.807, 2.05) is 60.8 Å². The van der Waals surface area contributed by atoms with Crippen molar-refractivity contribution in [1.82, 2.24) is 10.5 Å². The molecule has 3 aromatic rings. The molecular formula is C17H16N2O2. The summed E-state index contributed by atoms with van der Waals surface area (Å²) in [7, 11) is 0. The van der Waals surface area contributed by atoms with Crippen LogP contribution in [-0.4, -0.2) is 10.9 Å². The van der Waals surface area contributed by atoms with Crippen molar-refractivity contribution in [2.75, 3.05) is 0 Å². The zero-order chi connectivity index (χ0) is 14.5. The number of fused-ring (bicyclic) bond motifs is 1. The van der Waals surface area contributed by atoms with Crippen LogP contribution >= 0.6 is 0 Å². The number of hydrogen-bond acceptors (Lipinski definition) is 2. The first-order valence-electron chi connectivity index (χ1n) is 6.82. The van der Waals surface area contributed by atoms with Crippen molar-refractivity contribution in [3.05, 3.63) is 71.9 Å². The number of carbonyl (C=O) groups is 1. The van der Waals surface area contributed by atoms with Crippen LogP contribution in [0.5, 0.6) is 0 Å². The van der Waals surface area contributed by atoms with Crippen molar-refractivity contribution in [2.24, 2.45) is 0 Å². The Kier molecular flexibility index (Phi) is 3.98. The van der Waals surface area contributed by atoms with E-state index in [1.165, 1.54) is 0 Å².